The van der Waals surface area contributed by atoms with E-state index in [0.29, 0.717) is 56.0 Å². The second kappa shape index (κ2) is 12.3. The van der Waals surface area contributed by atoms with Crippen LogP contribution in [0.2, 0.25) is 5.02 Å². The van der Waals surface area contributed by atoms with Gasteiger partial charge in [-0.15, -0.1) is 0 Å². The highest BCUT2D eigenvalue weighted by Crippen LogP contribution is 2.32. The molecule has 1 aliphatic rings. The third kappa shape index (κ3) is 6.25. The first-order valence-electron chi connectivity index (χ1n) is 13.0. The van der Waals surface area contributed by atoms with E-state index in [1.165, 1.54) is 6.92 Å². The Kier molecular flexibility index (Phi) is 8.85. The lowest BCUT2D eigenvalue weighted by Crippen LogP contribution is -2.65. The first-order chi connectivity index (χ1) is 18.3. The van der Waals surface area contributed by atoms with Gasteiger partial charge in [0.25, 0.3) is 5.91 Å². The third-order valence-corrected chi connectivity index (χ3v) is 7.75. The van der Waals surface area contributed by atoms with E-state index in [1.807, 2.05) is 73.7 Å². The van der Waals surface area contributed by atoms with Crippen molar-refractivity contribution in [2.75, 3.05) is 19.6 Å². The minimum absolute atomic E-state index is 0.0317. The van der Waals surface area contributed by atoms with E-state index < -0.39 is 5.54 Å². The fourth-order valence-electron chi connectivity index (χ4n) is 5.05. The van der Waals surface area contributed by atoms with Crippen LogP contribution < -0.4 is 5.32 Å². The van der Waals surface area contributed by atoms with E-state index >= 15 is 0 Å². The quantitative estimate of drug-likeness (QED) is 0.443. The van der Waals surface area contributed by atoms with Gasteiger partial charge in [0.1, 0.15) is 5.54 Å². The summed E-state index contributed by atoms with van der Waals surface area (Å²) in [5.74, 6) is -0.442. The molecule has 1 fully saturated rings. The van der Waals surface area contributed by atoms with Crippen LogP contribution in [0.4, 0.5) is 0 Å². The van der Waals surface area contributed by atoms with Gasteiger partial charge in [-0.1, -0.05) is 77.8 Å². The second-order valence-electron chi connectivity index (χ2n) is 9.87. The molecule has 1 heterocycles. The maximum atomic E-state index is 14.1. The molecule has 0 atom stereocenters. The van der Waals surface area contributed by atoms with Gasteiger partial charge in [0.15, 0.2) is 0 Å². The number of hydrogen-bond donors (Lipinski definition) is 1. The molecule has 6 nitrogen and oxygen atoms in total. The molecule has 0 aliphatic carbocycles. The molecule has 0 bridgehead atoms. The van der Waals surface area contributed by atoms with Crippen molar-refractivity contribution in [3.05, 3.63) is 106 Å². The lowest BCUT2D eigenvalue weighted by Gasteiger charge is -2.47. The average molecular weight is 532 g/mol. The van der Waals surface area contributed by atoms with E-state index in [1.54, 1.807) is 21.9 Å². The molecular weight excluding hydrogens is 498 g/mol. The molecule has 1 aliphatic heterocycles. The van der Waals surface area contributed by atoms with Crippen LogP contribution in [-0.2, 0) is 22.6 Å². The zero-order valence-corrected chi connectivity index (χ0v) is 22.7. The lowest BCUT2D eigenvalue weighted by atomic mass is 9.83. The number of carbonyl (C=O) groups excluding carboxylic acids is 3. The number of aryl methyl sites for hydroxylation is 1. The fraction of sp³-hybridized carbons (Fsp3) is 0.323. The van der Waals surface area contributed by atoms with Crippen molar-refractivity contribution < 1.29 is 14.4 Å². The third-order valence-electron chi connectivity index (χ3n) is 7.38. The Morgan fingerprint density at radius 1 is 0.921 bits per heavy atom. The second-order valence-corrected chi connectivity index (χ2v) is 10.3. The van der Waals surface area contributed by atoms with Crippen LogP contribution in [0.25, 0.3) is 0 Å². The molecule has 1 saturated heterocycles. The lowest BCUT2D eigenvalue weighted by molar-refractivity contribution is -0.140. The Morgan fingerprint density at radius 2 is 1.55 bits per heavy atom. The van der Waals surface area contributed by atoms with Crippen molar-refractivity contribution in [1.29, 1.82) is 0 Å². The van der Waals surface area contributed by atoms with Crippen molar-refractivity contribution in [1.82, 2.24) is 15.1 Å². The van der Waals surface area contributed by atoms with E-state index in [4.69, 9.17) is 11.6 Å². The van der Waals surface area contributed by atoms with Crippen LogP contribution in [0.5, 0.6) is 0 Å². The van der Waals surface area contributed by atoms with Crippen molar-refractivity contribution in [2.24, 2.45) is 0 Å². The molecule has 38 heavy (non-hydrogen) atoms. The molecule has 3 amide bonds. The number of rotatable bonds is 8. The van der Waals surface area contributed by atoms with Crippen molar-refractivity contribution >= 4 is 29.3 Å². The number of amides is 3. The first kappa shape index (κ1) is 27.4. The number of nitrogens with one attached hydrogen (secondary N) is 1. The van der Waals surface area contributed by atoms with Gasteiger partial charge in [-0.05, 0) is 55.5 Å². The highest BCUT2D eigenvalue weighted by molar-refractivity contribution is 6.31. The maximum absolute atomic E-state index is 14.1. The Bertz CT molecular complexity index is 1270. The maximum Gasteiger partial charge on any atom is 0.254 e. The Balaban J connectivity index is 1.69. The molecule has 3 aromatic rings. The summed E-state index contributed by atoms with van der Waals surface area (Å²) in [5, 5.41) is 3.73. The zero-order valence-electron chi connectivity index (χ0n) is 22.0. The minimum atomic E-state index is -1.11. The standard InChI is InChI=1S/C31H34ClN3O3/c1-23-12-14-27(15-13-23)29(37)35(19-16-26-10-6-7-11-28(26)32)31(17-20-34(21-18-31)24(2)36)30(38)33-22-25-8-4-3-5-9-25/h3-15H,16-22H2,1-2H3,(H,33,38). The molecular formula is C31H34ClN3O3. The van der Waals surface area contributed by atoms with Crippen LogP contribution >= 0.6 is 11.6 Å². The summed E-state index contributed by atoms with van der Waals surface area (Å²) in [6.45, 7) is 4.98. The summed E-state index contributed by atoms with van der Waals surface area (Å²) in [7, 11) is 0. The summed E-state index contributed by atoms with van der Waals surface area (Å²) < 4.78 is 0. The molecule has 0 radical (unpaired) electrons. The molecule has 3 aromatic carbocycles. The SMILES string of the molecule is CC(=O)N1CCC(C(=O)NCc2ccccc2)(N(CCc2ccccc2Cl)C(=O)c2ccc(C)cc2)CC1. The normalized spacial score (nSPS) is 14.6. The Morgan fingerprint density at radius 3 is 2.18 bits per heavy atom. The highest BCUT2D eigenvalue weighted by atomic mass is 35.5. The summed E-state index contributed by atoms with van der Waals surface area (Å²) in [4.78, 5) is 43.7. The van der Waals surface area contributed by atoms with Crippen molar-refractivity contribution in [2.45, 2.75) is 45.2 Å². The number of hydrogen-bond acceptors (Lipinski definition) is 3. The molecule has 1 N–H and O–H groups in total. The van der Waals surface area contributed by atoms with Gasteiger partial charge in [0, 0.05) is 43.7 Å². The molecule has 4 rings (SSSR count). The van der Waals surface area contributed by atoms with Gasteiger partial charge in [-0.2, -0.15) is 0 Å². The fourth-order valence-corrected chi connectivity index (χ4v) is 5.28. The summed E-state index contributed by atoms with van der Waals surface area (Å²) in [6, 6.07) is 24.7. The van der Waals surface area contributed by atoms with Crippen LogP contribution in [0.3, 0.4) is 0 Å². The van der Waals surface area contributed by atoms with Gasteiger partial charge in [-0.25, -0.2) is 0 Å². The Labute approximate surface area is 229 Å². The Hall–Kier alpha value is -3.64. The van der Waals surface area contributed by atoms with Gasteiger partial charge >= 0.3 is 0 Å². The summed E-state index contributed by atoms with van der Waals surface area (Å²) in [6.07, 6.45) is 1.21. The van der Waals surface area contributed by atoms with Crippen LogP contribution in [0, 0.1) is 6.92 Å². The number of piperidine rings is 1. The molecule has 0 unspecified atom stereocenters. The number of benzene rings is 3. The summed E-state index contributed by atoms with van der Waals surface area (Å²) in [5.41, 5.74) is 2.36. The topological polar surface area (TPSA) is 69.7 Å². The molecule has 7 heteroatoms. The van der Waals surface area contributed by atoms with E-state index in [2.05, 4.69) is 5.32 Å². The van der Waals surface area contributed by atoms with Gasteiger partial charge in [-0.3, -0.25) is 14.4 Å². The van der Waals surface area contributed by atoms with Gasteiger partial charge in [0.05, 0.1) is 0 Å². The molecule has 0 spiro atoms. The number of likely N-dealkylation sites (tertiary alicyclic amines) is 1. The smallest absolute Gasteiger partial charge is 0.254 e. The molecule has 0 aromatic heterocycles. The van der Waals surface area contributed by atoms with E-state index in [0.717, 1.165) is 16.7 Å². The van der Waals surface area contributed by atoms with Crippen molar-refractivity contribution in [3.8, 4) is 0 Å². The van der Waals surface area contributed by atoms with Crippen LogP contribution in [0.1, 0.15) is 46.8 Å². The predicted octanol–water partition coefficient (Wildman–Crippen LogP) is 5.03. The summed E-state index contributed by atoms with van der Waals surface area (Å²) >= 11 is 6.45. The van der Waals surface area contributed by atoms with E-state index in [-0.39, 0.29) is 17.7 Å². The minimum Gasteiger partial charge on any atom is -0.350 e. The van der Waals surface area contributed by atoms with Crippen molar-refractivity contribution in [3.63, 3.8) is 0 Å². The molecule has 0 saturated carbocycles. The average Bonchev–Trinajstić information content (AvgIpc) is 2.93. The van der Waals surface area contributed by atoms with Crippen LogP contribution in [0.15, 0.2) is 78.9 Å². The van der Waals surface area contributed by atoms with Gasteiger partial charge in [0.2, 0.25) is 11.8 Å². The largest absolute Gasteiger partial charge is 0.350 e. The predicted molar refractivity (Wildman–Crippen MR) is 150 cm³/mol. The monoisotopic (exact) mass is 531 g/mol. The van der Waals surface area contributed by atoms with Gasteiger partial charge < -0.3 is 15.1 Å². The number of carbonyl (C=O) groups is 3. The number of halogens is 1. The zero-order chi connectivity index (χ0) is 27.1. The molecule has 198 valence electrons. The highest BCUT2D eigenvalue weighted by Gasteiger charge is 2.48. The van der Waals surface area contributed by atoms with E-state index in [9.17, 15) is 14.4 Å². The number of nitrogens with zero attached hydrogens (tertiary/aromatic N) is 2. The first-order valence-corrected chi connectivity index (χ1v) is 13.4. The van der Waals surface area contributed by atoms with Crippen LogP contribution in [-0.4, -0.2) is 52.7 Å².